The minimum atomic E-state index is 0.518. The van der Waals surface area contributed by atoms with Gasteiger partial charge in [-0.25, -0.2) is 0 Å². The van der Waals surface area contributed by atoms with Gasteiger partial charge in [-0.05, 0) is 64.0 Å². The Balaban J connectivity index is 1.56. The second kappa shape index (κ2) is 6.55. The minimum absolute atomic E-state index is 0.518. The summed E-state index contributed by atoms with van der Waals surface area (Å²) in [5.41, 5.74) is 0. The molecule has 1 N–H and O–H groups in total. The molecule has 1 saturated carbocycles. The third-order valence-corrected chi connectivity index (χ3v) is 5.15. The third kappa shape index (κ3) is 3.71. The minimum Gasteiger partial charge on any atom is -0.378 e. The first-order valence-electron chi connectivity index (χ1n) is 8.45. The molecule has 0 aromatic heterocycles. The zero-order valence-electron chi connectivity index (χ0n) is 12.4. The fraction of sp³-hybridized carbons (Fsp3) is 1.00. The van der Waals surface area contributed by atoms with Gasteiger partial charge < -0.3 is 10.1 Å². The number of nitrogens with one attached hydrogen (secondary N) is 1. The van der Waals surface area contributed by atoms with Crippen LogP contribution >= 0.6 is 0 Å². The van der Waals surface area contributed by atoms with Gasteiger partial charge in [0.25, 0.3) is 0 Å². The Morgan fingerprint density at radius 1 is 1.16 bits per heavy atom. The molecule has 2 saturated heterocycles. The second-order valence-electron chi connectivity index (χ2n) is 6.72. The monoisotopic (exact) mass is 266 g/mol. The first kappa shape index (κ1) is 13.8. The maximum absolute atomic E-state index is 5.86. The third-order valence-electron chi connectivity index (χ3n) is 5.15. The van der Waals surface area contributed by atoms with E-state index in [4.69, 9.17) is 4.74 Å². The molecule has 0 radical (unpaired) electrons. The largest absolute Gasteiger partial charge is 0.378 e. The molecule has 2 heterocycles. The average Bonchev–Trinajstić information content (AvgIpc) is 3.30. The molecule has 2 aliphatic heterocycles. The van der Waals surface area contributed by atoms with Crippen molar-refractivity contribution in [3.8, 4) is 0 Å². The van der Waals surface area contributed by atoms with E-state index in [0.717, 1.165) is 24.6 Å². The number of ether oxygens (including phenoxy) is 1. The molecule has 3 aliphatic rings. The zero-order chi connectivity index (χ0) is 13.1. The molecule has 110 valence electrons. The Hall–Kier alpha value is -0.120. The van der Waals surface area contributed by atoms with E-state index < -0.39 is 0 Å². The Morgan fingerprint density at radius 2 is 2.05 bits per heavy atom. The van der Waals surface area contributed by atoms with Crippen molar-refractivity contribution in [1.29, 1.82) is 0 Å². The van der Waals surface area contributed by atoms with Crippen molar-refractivity contribution < 1.29 is 4.74 Å². The van der Waals surface area contributed by atoms with Gasteiger partial charge in [-0.15, -0.1) is 0 Å². The van der Waals surface area contributed by atoms with Crippen LogP contribution in [0.1, 0.15) is 51.9 Å². The summed E-state index contributed by atoms with van der Waals surface area (Å²) in [4.78, 5) is 2.86. The van der Waals surface area contributed by atoms with Crippen molar-refractivity contribution in [1.82, 2.24) is 10.2 Å². The predicted molar refractivity (Wildman–Crippen MR) is 78.4 cm³/mol. The van der Waals surface area contributed by atoms with Gasteiger partial charge in [-0.3, -0.25) is 4.90 Å². The van der Waals surface area contributed by atoms with Crippen LogP contribution in [-0.4, -0.2) is 49.3 Å². The highest BCUT2D eigenvalue weighted by Crippen LogP contribution is 2.34. The highest BCUT2D eigenvalue weighted by Gasteiger charge is 2.37. The molecule has 0 amide bonds. The van der Waals surface area contributed by atoms with Crippen LogP contribution in [0.2, 0.25) is 0 Å². The Bertz CT molecular complexity index is 274. The number of piperidine rings is 1. The highest BCUT2D eigenvalue weighted by atomic mass is 16.5. The van der Waals surface area contributed by atoms with Gasteiger partial charge in [0.15, 0.2) is 0 Å². The van der Waals surface area contributed by atoms with E-state index in [1.807, 2.05) is 0 Å². The molecule has 19 heavy (non-hydrogen) atoms. The van der Waals surface area contributed by atoms with Gasteiger partial charge in [-0.2, -0.15) is 0 Å². The summed E-state index contributed by atoms with van der Waals surface area (Å²) in [5, 5.41) is 3.57. The van der Waals surface area contributed by atoms with Crippen molar-refractivity contribution in [3.63, 3.8) is 0 Å². The maximum atomic E-state index is 5.86. The highest BCUT2D eigenvalue weighted by molar-refractivity contribution is 4.92. The molecule has 3 rings (SSSR count). The molecule has 3 unspecified atom stereocenters. The second-order valence-corrected chi connectivity index (χ2v) is 6.72. The average molecular weight is 266 g/mol. The molecule has 3 fully saturated rings. The van der Waals surface area contributed by atoms with E-state index in [0.29, 0.717) is 6.10 Å². The fourth-order valence-corrected chi connectivity index (χ4v) is 3.83. The fourth-order valence-electron chi connectivity index (χ4n) is 3.83. The lowest BCUT2D eigenvalue weighted by atomic mass is 9.95. The topological polar surface area (TPSA) is 24.5 Å². The van der Waals surface area contributed by atoms with E-state index in [9.17, 15) is 0 Å². The summed E-state index contributed by atoms with van der Waals surface area (Å²) < 4.78 is 5.86. The van der Waals surface area contributed by atoms with Crippen molar-refractivity contribution in [2.24, 2.45) is 5.92 Å². The van der Waals surface area contributed by atoms with Crippen LogP contribution < -0.4 is 5.32 Å². The summed E-state index contributed by atoms with van der Waals surface area (Å²) >= 11 is 0. The molecule has 3 nitrogen and oxygen atoms in total. The van der Waals surface area contributed by atoms with Crippen LogP contribution in [0, 0.1) is 5.92 Å². The van der Waals surface area contributed by atoms with Crippen molar-refractivity contribution in [3.05, 3.63) is 0 Å². The molecule has 0 bridgehead atoms. The van der Waals surface area contributed by atoms with Gasteiger partial charge in [0.1, 0.15) is 0 Å². The lowest BCUT2D eigenvalue weighted by Crippen LogP contribution is -2.47. The summed E-state index contributed by atoms with van der Waals surface area (Å²) in [7, 11) is 0. The summed E-state index contributed by atoms with van der Waals surface area (Å²) in [5.74, 6) is 0.886. The van der Waals surface area contributed by atoms with Crippen LogP contribution in [0.5, 0.6) is 0 Å². The first-order chi connectivity index (χ1) is 9.36. The standard InChI is InChI=1S/C16H30N2O/c1-2-16-10-15(7-9-19-16)18(14-5-6-14)12-13-4-3-8-17-11-13/h13-17H,2-12H2,1H3. The van der Waals surface area contributed by atoms with Crippen LogP contribution in [0.4, 0.5) is 0 Å². The SMILES string of the molecule is CCC1CC(N(CC2CCCNC2)C2CC2)CCO1. The lowest BCUT2D eigenvalue weighted by Gasteiger charge is -2.40. The van der Waals surface area contributed by atoms with Crippen molar-refractivity contribution >= 4 is 0 Å². The van der Waals surface area contributed by atoms with Crippen molar-refractivity contribution in [2.45, 2.75) is 70.1 Å². The summed E-state index contributed by atoms with van der Waals surface area (Å²) in [6, 6.07) is 1.70. The smallest absolute Gasteiger partial charge is 0.0587 e. The quantitative estimate of drug-likeness (QED) is 0.827. The van der Waals surface area contributed by atoms with Gasteiger partial charge in [0, 0.05) is 25.2 Å². The maximum Gasteiger partial charge on any atom is 0.0587 e. The molecule has 0 spiro atoms. The normalized spacial score (nSPS) is 36.6. The number of hydrogen-bond acceptors (Lipinski definition) is 3. The van der Waals surface area contributed by atoms with Crippen LogP contribution in [0.3, 0.4) is 0 Å². The van der Waals surface area contributed by atoms with Gasteiger partial charge in [0.05, 0.1) is 6.10 Å². The van der Waals surface area contributed by atoms with Gasteiger partial charge in [0.2, 0.25) is 0 Å². The van der Waals surface area contributed by atoms with E-state index in [1.54, 1.807) is 0 Å². The predicted octanol–water partition coefficient (Wildman–Crippen LogP) is 2.41. The van der Waals surface area contributed by atoms with Crippen LogP contribution in [0.15, 0.2) is 0 Å². The first-order valence-corrected chi connectivity index (χ1v) is 8.45. The Morgan fingerprint density at radius 3 is 2.74 bits per heavy atom. The number of rotatable bonds is 5. The Labute approximate surface area is 118 Å². The van der Waals surface area contributed by atoms with Gasteiger partial charge >= 0.3 is 0 Å². The van der Waals surface area contributed by atoms with Gasteiger partial charge in [-0.1, -0.05) is 6.92 Å². The molecule has 3 atom stereocenters. The lowest BCUT2D eigenvalue weighted by molar-refractivity contribution is -0.0339. The molecular weight excluding hydrogens is 236 g/mol. The van der Waals surface area contributed by atoms with E-state index in [1.165, 1.54) is 64.6 Å². The molecule has 1 aliphatic carbocycles. The van der Waals surface area contributed by atoms with E-state index in [2.05, 4.69) is 17.1 Å². The number of hydrogen-bond donors (Lipinski definition) is 1. The summed E-state index contributed by atoms with van der Waals surface area (Å²) in [6.07, 6.45) is 9.90. The van der Waals surface area contributed by atoms with E-state index in [-0.39, 0.29) is 0 Å². The summed E-state index contributed by atoms with van der Waals surface area (Å²) in [6.45, 7) is 7.05. The van der Waals surface area contributed by atoms with Crippen molar-refractivity contribution in [2.75, 3.05) is 26.2 Å². The zero-order valence-corrected chi connectivity index (χ0v) is 12.4. The van der Waals surface area contributed by atoms with Crippen LogP contribution in [0.25, 0.3) is 0 Å². The van der Waals surface area contributed by atoms with E-state index >= 15 is 0 Å². The molecule has 3 heteroatoms. The van der Waals surface area contributed by atoms with Crippen LogP contribution in [-0.2, 0) is 4.74 Å². The molecule has 0 aromatic rings. The number of nitrogens with zero attached hydrogens (tertiary/aromatic N) is 1. The molecule has 0 aromatic carbocycles. The Kier molecular flexibility index (Phi) is 4.78. The molecular formula is C16H30N2O.